The second-order valence-corrected chi connectivity index (χ2v) is 11.9. The number of aromatic nitrogens is 1. The van der Waals surface area contributed by atoms with Crippen LogP contribution in [0.3, 0.4) is 0 Å². The van der Waals surface area contributed by atoms with Crippen molar-refractivity contribution >= 4 is 38.2 Å². The molecule has 192 valence electrons. The molecule has 4 N–H and O–H groups in total. The first-order chi connectivity index (χ1) is 17.4. The summed E-state index contributed by atoms with van der Waals surface area (Å²) in [6.45, 7) is 5.21. The zero-order valence-corrected chi connectivity index (χ0v) is 21.6. The first kappa shape index (κ1) is 23.6. The summed E-state index contributed by atoms with van der Waals surface area (Å²) in [6, 6.07) is 14.5. The van der Waals surface area contributed by atoms with E-state index in [1.165, 1.54) is 17.6 Å². The molecular formula is C27H35N5O3S. The number of morpholine rings is 1. The molecule has 2 aliphatic carbocycles. The van der Waals surface area contributed by atoms with Gasteiger partial charge in [0, 0.05) is 47.5 Å². The van der Waals surface area contributed by atoms with Crippen molar-refractivity contribution in [2.45, 2.75) is 51.1 Å². The van der Waals surface area contributed by atoms with Gasteiger partial charge < -0.3 is 19.9 Å². The van der Waals surface area contributed by atoms with Gasteiger partial charge in [-0.2, -0.15) is 13.1 Å². The molecule has 0 radical (unpaired) electrons. The molecule has 1 aliphatic heterocycles. The lowest BCUT2D eigenvalue weighted by Crippen LogP contribution is -2.38. The zero-order chi connectivity index (χ0) is 24.9. The Balaban J connectivity index is 1.32. The van der Waals surface area contributed by atoms with Crippen LogP contribution in [0.15, 0.2) is 42.5 Å². The maximum atomic E-state index is 12.6. The molecule has 1 aromatic heterocycles. The van der Waals surface area contributed by atoms with Gasteiger partial charge in [0.25, 0.3) is 10.2 Å². The van der Waals surface area contributed by atoms with Crippen LogP contribution < -0.4 is 20.1 Å². The molecule has 0 amide bonds. The fourth-order valence-corrected chi connectivity index (χ4v) is 6.67. The lowest BCUT2D eigenvalue weighted by Gasteiger charge is -2.31. The molecule has 6 rings (SSSR count). The van der Waals surface area contributed by atoms with Gasteiger partial charge in [-0.3, -0.25) is 4.72 Å². The Labute approximate surface area is 213 Å². The van der Waals surface area contributed by atoms with Crippen LogP contribution in [0.25, 0.3) is 22.2 Å². The van der Waals surface area contributed by atoms with Crippen molar-refractivity contribution in [1.82, 2.24) is 9.29 Å². The van der Waals surface area contributed by atoms with Crippen molar-refractivity contribution in [2.75, 3.05) is 41.7 Å². The van der Waals surface area contributed by atoms with E-state index in [4.69, 9.17) is 10.5 Å². The van der Waals surface area contributed by atoms with Gasteiger partial charge in [-0.15, -0.1) is 0 Å². The molecule has 0 bridgehead atoms. The van der Waals surface area contributed by atoms with Crippen LogP contribution in [-0.2, 0) is 14.9 Å². The Hall–Kier alpha value is -2.75. The first-order valence-corrected chi connectivity index (χ1v) is 14.5. The standard InChI is InChI=1S/C27H35N5O3S/c1-18(19-5-6-19)29-36(33,34)30-21-9-7-20(8-10-21)27-26(28)24-12-11-23(31-13-15-35-16-14-31)17-25(24)32(27)22-3-2-4-22/h7-12,17-19,22,29-30H,2-6,13-16,28H2,1H3/t18-/m0/s1. The van der Waals surface area contributed by atoms with Crippen LogP contribution in [0.1, 0.15) is 45.1 Å². The lowest BCUT2D eigenvalue weighted by molar-refractivity contribution is 0.122. The summed E-state index contributed by atoms with van der Waals surface area (Å²) in [6.07, 6.45) is 5.67. The van der Waals surface area contributed by atoms with Crippen LogP contribution in [-0.4, -0.2) is 45.3 Å². The average molecular weight is 510 g/mol. The van der Waals surface area contributed by atoms with Gasteiger partial charge in [0.2, 0.25) is 0 Å². The second-order valence-electron chi connectivity index (χ2n) is 10.4. The number of nitrogens with zero attached hydrogens (tertiary/aromatic N) is 2. The summed E-state index contributed by atoms with van der Waals surface area (Å²) in [5.41, 5.74) is 12.5. The minimum absolute atomic E-state index is 0.0536. The Morgan fingerprint density at radius 2 is 1.75 bits per heavy atom. The molecule has 2 aromatic carbocycles. The van der Waals surface area contributed by atoms with E-state index in [0.29, 0.717) is 17.6 Å². The van der Waals surface area contributed by atoms with Gasteiger partial charge in [0.15, 0.2) is 0 Å². The number of anilines is 3. The van der Waals surface area contributed by atoms with Crippen molar-refractivity contribution in [1.29, 1.82) is 0 Å². The van der Waals surface area contributed by atoms with Crippen LogP contribution in [0.5, 0.6) is 0 Å². The van der Waals surface area contributed by atoms with Gasteiger partial charge >= 0.3 is 0 Å². The quantitative estimate of drug-likeness (QED) is 0.415. The number of hydrogen-bond donors (Lipinski definition) is 3. The fourth-order valence-electron chi connectivity index (χ4n) is 5.48. The maximum Gasteiger partial charge on any atom is 0.299 e. The molecule has 36 heavy (non-hydrogen) atoms. The number of nitrogens with two attached hydrogens (primary N) is 1. The van der Waals surface area contributed by atoms with Gasteiger partial charge in [-0.05, 0) is 75.3 Å². The third-order valence-electron chi connectivity index (χ3n) is 7.92. The van der Waals surface area contributed by atoms with Gasteiger partial charge in [-0.25, -0.2) is 0 Å². The van der Waals surface area contributed by atoms with Crippen LogP contribution in [0.2, 0.25) is 0 Å². The molecule has 3 fully saturated rings. The van der Waals surface area contributed by atoms with Crippen LogP contribution >= 0.6 is 0 Å². The van der Waals surface area contributed by atoms with E-state index >= 15 is 0 Å². The van der Waals surface area contributed by atoms with Crippen molar-refractivity contribution < 1.29 is 13.2 Å². The molecule has 0 unspecified atom stereocenters. The minimum Gasteiger partial charge on any atom is -0.396 e. The molecule has 0 spiro atoms. The molecule has 2 heterocycles. The molecule has 3 aliphatic rings. The van der Waals surface area contributed by atoms with Crippen molar-refractivity contribution in [3.8, 4) is 11.3 Å². The highest BCUT2D eigenvalue weighted by molar-refractivity contribution is 7.90. The minimum atomic E-state index is -3.62. The SMILES string of the molecule is C[C@H](NS(=O)(=O)Nc1ccc(-c2c(N)c3ccc(N4CCOCC4)cc3n2C2CCC2)cc1)C1CC1. The predicted octanol–water partition coefficient (Wildman–Crippen LogP) is 4.50. The summed E-state index contributed by atoms with van der Waals surface area (Å²) < 4.78 is 38.5. The second kappa shape index (κ2) is 9.28. The number of nitrogens with one attached hydrogen (secondary N) is 2. The summed E-state index contributed by atoms with van der Waals surface area (Å²) >= 11 is 0. The summed E-state index contributed by atoms with van der Waals surface area (Å²) in [5.74, 6) is 0.448. The highest BCUT2D eigenvalue weighted by Crippen LogP contribution is 2.45. The van der Waals surface area contributed by atoms with Crippen LogP contribution in [0.4, 0.5) is 17.1 Å². The maximum absolute atomic E-state index is 12.6. The highest BCUT2D eigenvalue weighted by Gasteiger charge is 2.31. The summed E-state index contributed by atoms with van der Waals surface area (Å²) in [4.78, 5) is 2.37. The average Bonchev–Trinajstić information content (AvgIpc) is 3.65. The number of benzene rings is 2. The lowest BCUT2D eigenvalue weighted by atomic mass is 9.92. The first-order valence-electron chi connectivity index (χ1n) is 13.1. The Bertz CT molecular complexity index is 1350. The van der Waals surface area contributed by atoms with E-state index in [-0.39, 0.29) is 6.04 Å². The van der Waals surface area contributed by atoms with E-state index in [1.807, 2.05) is 31.2 Å². The van der Waals surface area contributed by atoms with E-state index in [9.17, 15) is 8.42 Å². The van der Waals surface area contributed by atoms with Crippen molar-refractivity contribution in [3.05, 3.63) is 42.5 Å². The van der Waals surface area contributed by atoms with Crippen LogP contribution in [0, 0.1) is 5.92 Å². The highest BCUT2D eigenvalue weighted by atomic mass is 32.2. The summed E-state index contributed by atoms with van der Waals surface area (Å²) in [7, 11) is -3.62. The molecule has 3 aromatic rings. The normalized spacial score (nSPS) is 19.9. The Kier molecular flexibility index (Phi) is 6.09. The van der Waals surface area contributed by atoms with E-state index in [0.717, 1.165) is 74.3 Å². The van der Waals surface area contributed by atoms with Crippen molar-refractivity contribution in [2.24, 2.45) is 5.92 Å². The molecule has 2 saturated carbocycles. The topological polar surface area (TPSA) is 102 Å². The monoisotopic (exact) mass is 509 g/mol. The molecular weight excluding hydrogens is 474 g/mol. The number of hydrogen-bond acceptors (Lipinski definition) is 5. The number of nitrogen functional groups attached to an aromatic ring is 1. The number of rotatable bonds is 8. The van der Waals surface area contributed by atoms with Gasteiger partial charge in [-0.1, -0.05) is 12.1 Å². The largest absolute Gasteiger partial charge is 0.396 e. The number of fused-ring (bicyclic) bond motifs is 1. The number of ether oxygens (including phenoxy) is 1. The Morgan fingerprint density at radius 3 is 2.39 bits per heavy atom. The van der Waals surface area contributed by atoms with Gasteiger partial charge in [0.05, 0.1) is 30.1 Å². The van der Waals surface area contributed by atoms with E-state index < -0.39 is 10.2 Å². The smallest absolute Gasteiger partial charge is 0.299 e. The third kappa shape index (κ3) is 4.55. The molecule has 9 heteroatoms. The Morgan fingerprint density at radius 1 is 1.03 bits per heavy atom. The third-order valence-corrected chi connectivity index (χ3v) is 9.11. The molecule has 1 saturated heterocycles. The zero-order valence-electron chi connectivity index (χ0n) is 20.7. The predicted molar refractivity (Wildman–Crippen MR) is 146 cm³/mol. The van der Waals surface area contributed by atoms with E-state index in [2.05, 4.69) is 37.1 Å². The molecule has 8 nitrogen and oxygen atoms in total. The fraction of sp³-hybridized carbons (Fsp3) is 0.481. The van der Waals surface area contributed by atoms with Crippen molar-refractivity contribution in [3.63, 3.8) is 0 Å². The van der Waals surface area contributed by atoms with E-state index in [1.54, 1.807) is 0 Å². The summed E-state index contributed by atoms with van der Waals surface area (Å²) in [5, 5.41) is 1.07. The van der Waals surface area contributed by atoms with Gasteiger partial charge in [0.1, 0.15) is 0 Å². The molecule has 1 atom stereocenters.